The van der Waals surface area contributed by atoms with Crippen LogP contribution in [0.4, 0.5) is 0 Å². The molecule has 0 saturated heterocycles. The van der Waals surface area contributed by atoms with E-state index in [9.17, 15) is 4.79 Å². The summed E-state index contributed by atoms with van der Waals surface area (Å²) in [7, 11) is 4.70. The quantitative estimate of drug-likeness (QED) is 0.596. The Labute approximate surface area is 199 Å². The van der Waals surface area contributed by atoms with E-state index in [4.69, 9.17) is 29.4 Å². The van der Waals surface area contributed by atoms with Crippen LogP contribution < -0.4 is 19.9 Å². The number of allylic oxidation sites excluding steroid dienone is 2. The summed E-state index contributed by atoms with van der Waals surface area (Å²) < 4.78 is 28.1. The SMILES string of the molecule is CCOC(=O)C1=C(N)OC2=C(CC/C2=C/c2ccccc2)C1c1cc(OC)c(OC)cc1OC. The minimum atomic E-state index is -0.520. The number of rotatable bonds is 7. The fourth-order valence-electron chi connectivity index (χ4n) is 4.53. The highest BCUT2D eigenvalue weighted by molar-refractivity contribution is 5.93. The van der Waals surface area contributed by atoms with Gasteiger partial charge in [-0.3, -0.25) is 0 Å². The fourth-order valence-corrected chi connectivity index (χ4v) is 4.53. The van der Waals surface area contributed by atoms with Gasteiger partial charge in [0, 0.05) is 11.6 Å². The lowest BCUT2D eigenvalue weighted by Crippen LogP contribution is -2.26. The monoisotopic (exact) mass is 463 g/mol. The molecule has 7 nitrogen and oxygen atoms in total. The van der Waals surface area contributed by atoms with Gasteiger partial charge in [-0.15, -0.1) is 0 Å². The zero-order valence-corrected chi connectivity index (χ0v) is 19.8. The molecule has 0 amide bonds. The van der Waals surface area contributed by atoms with Crippen molar-refractivity contribution < 1.29 is 28.5 Å². The molecular formula is C27H29NO6. The molecule has 0 radical (unpaired) electrons. The van der Waals surface area contributed by atoms with Crippen LogP contribution in [0.2, 0.25) is 0 Å². The van der Waals surface area contributed by atoms with E-state index >= 15 is 0 Å². The van der Waals surface area contributed by atoms with Gasteiger partial charge in [-0.05, 0) is 48.6 Å². The third-order valence-corrected chi connectivity index (χ3v) is 6.04. The number of esters is 1. The van der Waals surface area contributed by atoms with E-state index in [1.807, 2.05) is 36.4 Å². The van der Waals surface area contributed by atoms with Gasteiger partial charge >= 0.3 is 5.97 Å². The van der Waals surface area contributed by atoms with Crippen LogP contribution in [0.5, 0.6) is 17.2 Å². The number of hydrogen-bond donors (Lipinski definition) is 1. The standard InChI is InChI=1S/C27H29NO6/c1-5-33-27(29)24-23(19-14-21(31-3)22(32-4)15-20(19)30-2)18-12-11-17(25(18)34-26(24)28)13-16-9-7-6-8-10-16/h6-10,13-15,23H,5,11-12,28H2,1-4H3/b17-13-. The van der Waals surface area contributed by atoms with Gasteiger partial charge in [0.15, 0.2) is 11.5 Å². The van der Waals surface area contributed by atoms with E-state index in [1.165, 1.54) is 0 Å². The summed E-state index contributed by atoms with van der Waals surface area (Å²) >= 11 is 0. The molecule has 4 rings (SSSR count). The molecule has 0 bridgehead atoms. The van der Waals surface area contributed by atoms with Crippen molar-refractivity contribution in [2.75, 3.05) is 27.9 Å². The number of ether oxygens (including phenoxy) is 5. The minimum Gasteiger partial charge on any atom is -0.496 e. The average Bonchev–Trinajstić information content (AvgIpc) is 3.24. The van der Waals surface area contributed by atoms with Crippen LogP contribution in [0.1, 0.15) is 36.8 Å². The molecule has 2 aromatic rings. The summed E-state index contributed by atoms with van der Waals surface area (Å²) in [5.74, 6) is 1.28. The van der Waals surface area contributed by atoms with Crippen molar-refractivity contribution >= 4 is 12.0 Å². The first-order valence-corrected chi connectivity index (χ1v) is 11.2. The van der Waals surface area contributed by atoms with E-state index in [0.29, 0.717) is 29.4 Å². The topological polar surface area (TPSA) is 89.2 Å². The van der Waals surface area contributed by atoms with Crippen molar-refractivity contribution in [2.45, 2.75) is 25.7 Å². The Bertz CT molecular complexity index is 1180. The first-order valence-electron chi connectivity index (χ1n) is 11.2. The molecule has 1 unspecified atom stereocenters. The maximum atomic E-state index is 13.1. The molecule has 0 saturated carbocycles. The molecule has 7 heteroatoms. The van der Waals surface area contributed by atoms with Crippen molar-refractivity contribution in [3.05, 3.63) is 82.0 Å². The maximum absolute atomic E-state index is 13.1. The van der Waals surface area contributed by atoms with Gasteiger partial charge in [-0.2, -0.15) is 0 Å². The molecule has 0 fully saturated rings. The van der Waals surface area contributed by atoms with Gasteiger partial charge in [0.2, 0.25) is 5.88 Å². The third-order valence-electron chi connectivity index (χ3n) is 6.04. The molecule has 1 aliphatic heterocycles. The summed E-state index contributed by atoms with van der Waals surface area (Å²) in [5.41, 5.74) is 10.4. The molecule has 1 heterocycles. The maximum Gasteiger partial charge on any atom is 0.340 e. The molecule has 34 heavy (non-hydrogen) atoms. The van der Waals surface area contributed by atoms with Crippen LogP contribution in [0, 0.1) is 0 Å². The zero-order valence-electron chi connectivity index (χ0n) is 19.8. The number of methoxy groups -OCH3 is 3. The Kier molecular flexibility index (Phi) is 6.82. The van der Waals surface area contributed by atoms with Crippen molar-refractivity contribution in [3.63, 3.8) is 0 Å². The second kappa shape index (κ2) is 9.95. The Morgan fingerprint density at radius 2 is 1.71 bits per heavy atom. The average molecular weight is 464 g/mol. The lowest BCUT2D eigenvalue weighted by molar-refractivity contribution is -0.139. The molecule has 1 atom stereocenters. The largest absolute Gasteiger partial charge is 0.496 e. The lowest BCUT2D eigenvalue weighted by atomic mass is 9.82. The molecule has 178 valence electrons. The predicted molar refractivity (Wildman–Crippen MR) is 128 cm³/mol. The van der Waals surface area contributed by atoms with Gasteiger partial charge in [0.25, 0.3) is 0 Å². The second-order valence-corrected chi connectivity index (χ2v) is 7.92. The fraction of sp³-hybridized carbons (Fsp3) is 0.296. The highest BCUT2D eigenvalue weighted by Gasteiger charge is 2.42. The van der Waals surface area contributed by atoms with Gasteiger partial charge in [0.05, 0.1) is 33.9 Å². The smallest absolute Gasteiger partial charge is 0.340 e. The third kappa shape index (κ3) is 4.21. The van der Waals surface area contributed by atoms with E-state index < -0.39 is 11.9 Å². The van der Waals surface area contributed by atoms with Gasteiger partial charge in [-0.1, -0.05) is 30.3 Å². The minimum absolute atomic E-state index is 0.0277. The van der Waals surface area contributed by atoms with Crippen molar-refractivity contribution in [1.82, 2.24) is 0 Å². The summed E-state index contributed by atoms with van der Waals surface area (Å²) in [5, 5.41) is 0. The molecule has 2 aliphatic rings. The van der Waals surface area contributed by atoms with Crippen LogP contribution in [0.25, 0.3) is 6.08 Å². The molecule has 1 aliphatic carbocycles. The number of nitrogens with two attached hydrogens (primary N) is 1. The van der Waals surface area contributed by atoms with E-state index in [0.717, 1.165) is 28.7 Å². The Hall–Kier alpha value is -3.87. The van der Waals surface area contributed by atoms with Crippen LogP contribution in [0.3, 0.4) is 0 Å². The van der Waals surface area contributed by atoms with Gasteiger partial charge in [0.1, 0.15) is 17.1 Å². The lowest BCUT2D eigenvalue weighted by Gasteiger charge is -2.29. The summed E-state index contributed by atoms with van der Waals surface area (Å²) in [6.07, 6.45) is 3.55. The normalized spacial score (nSPS) is 18.5. The van der Waals surface area contributed by atoms with Crippen molar-refractivity contribution in [3.8, 4) is 17.2 Å². The Morgan fingerprint density at radius 1 is 1.03 bits per heavy atom. The Morgan fingerprint density at radius 3 is 2.35 bits per heavy atom. The molecular weight excluding hydrogens is 434 g/mol. The summed E-state index contributed by atoms with van der Waals surface area (Å²) in [6.45, 7) is 1.97. The van der Waals surface area contributed by atoms with Crippen molar-refractivity contribution in [1.29, 1.82) is 0 Å². The van der Waals surface area contributed by atoms with Crippen LogP contribution in [-0.2, 0) is 14.3 Å². The second-order valence-electron chi connectivity index (χ2n) is 7.92. The Balaban J connectivity index is 1.91. The molecule has 0 spiro atoms. The first kappa shape index (κ1) is 23.3. The zero-order chi connectivity index (χ0) is 24.2. The first-order chi connectivity index (χ1) is 16.5. The number of carbonyl (C=O) groups excluding carboxylic acids is 1. The highest BCUT2D eigenvalue weighted by Crippen LogP contribution is 2.52. The van der Waals surface area contributed by atoms with Gasteiger partial charge < -0.3 is 29.4 Å². The van der Waals surface area contributed by atoms with E-state index in [-0.39, 0.29) is 18.1 Å². The molecule has 0 aromatic heterocycles. The van der Waals surface area contributed by atoms with Crippen LogP contribution >= 0.6 is 0 Å². The predicted octanol–water partition coefficient (Wildman–Crippen LogP) is 4.69. The summed E-state index contributed by atoms with van der Waals surface area (Å²) in [4.78, 5) is 13.1. The molecule has 2 N–H and O–H groups in total. The number of benzene rings is 2. The van der Waals surface area contributed by atoms with Crippen LogP contribution in [0.15, 0.2) is 70.8 Å². The number of hydrogen-bond acceptors (Lipinski definition) is 7. The van der Waals surface area contributed by atoms with Gasteiger partial charge in [-0.25, -0.2) is 4.79 Å². The molecule has 2 aromatic carbocycles. The highest BCUT2D eigenvalue weighted by atomic mass is 16.5. The summed E-state index contributed by atoms with van der Waals surface area (Å²) in [6, 6.07) is 13.6. The number of carbonyl (C=O) groups is 1. The van der Waals surface area contributed by atoms with E-state index in [2.05, 4.69) is 6.08 Å². The van der Waals surface area contributed by atoms with Crippen LogP contribution in [-0.4, -0.2) is 33.9 Å². The van der Waals surface area contributed by atoms with E-state index in [1.54, 1.807) is 34.3 Å². The van der Waals surface area contributed by atoms with Crippen molar-refractivity contribution in [2.24, 2.45) is 5.73 Å².